The van der Waals surface area contributed by atoms with Crippen LogP contribution in [-0.4, -0.2) is 79.4 Å². The van der Waals surface area contributed by atoms with Crippen molar-refractivity contribution >= 4 is 120 Å². The molecule has 0 radical (unpaired) electrons. The first-order valence-electron chi connectivity index (χ1n) is 19.4. The lowest BCUT2D eigenvalue weighted by Gasteiger charge is -2.18. The first-order chi connectivity index (χ1) is 28.8. The fourth-order valence-corrected chi connectivity index (χ4v) is 8.33. The zero-order chi connectivity index (χ0) is 44.0. The Balaban J connectivity index is 1.87. The van der Waals surface area contributed by atoms with Gasteiger partial charge in [0.1, 0.15) is 5.70 Å². The van der Waals surface area contributed by atoms with E-state index in [9.17, 15) is 19.2 Å². The van der Waals surface area contributed by atoms with Gasteiger partial charge in [-0.25, -0.2) is 0 Å². The second kappa shape index (κ2) is 26.7. The number of benzene rings is 2. The molecule has 2 aromatic rings. The minimum Gasteiger partial charge on any atom is -0.370 e. The minimum absolute atomic E-state index is 0.00195. The van der Waals surface area contributed by atoms with Crippen LogP contribution in [-0.2, 0) is 19.2 Å². The van der Waals surface area contributed by atoms with Gasteiger partial charge in [-0.15, -0.1) is 23.5 Å². The van der Waals surface area contributed by atoms with Gasteiger partial charge in [-0.05, 0) is 62.4 Å². The largest absolute Gasteiger partial charge is 0.370 e. The highest BCUT2D eigenvalue weighted by atomic mass is 79.9. The fraction of sp³-hybridized carbons (Fsp3) is 0.410. The number of carbonyl (C=O) groups is 4. The first kappa shape index (κ1) is 49.9. The molecule has 0 aromatic heterocycles. The van der Waals surface area contributed by atoms with E-state index in [0.717, 1.165) is 18.4 Å². The maximum atomic E-state index is 14.2. The average molecular weight is 994 g/mol. The maximum absolute atomic E-state index is 14.2. The van der Waals surface area contributed by atoms with Crippen LogP contribution in [0, 0.1) is 0 Å². The Hall–Kier alpha value is -4.41. The molecular weight excluding hydrogens is 938 g/mol. The van der Waals surface area contributed by atoms with Crippen LogP contribution < -0.4 is 55.7 Å². The molecule has 2 aromatic carbocycles. The summed E-state index contributed by atoms with van der Waals surface area (Å²) in [7, 11) is 0. The Morgan fingerprint density at radius 3 is 1.60 bits per heavy atom. The molecule has 60 heavy (non-hydrogen) atoms. The van der Waals surface area contributed by atoms with E-state index < -0.39 is 11.8 Å². The number of amides is 4. The summed E-state index contributed by atoms with van der Waals surface area (Å²) in [6.07, 6.45) is 7.81. The predicted molar refractivity (Wildman–Crippen MR) is 255 cm³/mol. The topological polar surface area (TPSA) is 310 Å². The number of unbranched alkanes of at least 4 members (excludes halogenated alkanes) is 3. The van der Waals surface area contributed by atoms with Crippen molar-refractivity contribution in [1.29, 1.82) is 0 Å². The number of rotatable bonds is 24. The Labute approximate surface area is 376 Å². The number of nitrogens with one attached hydrogen (secondary N) is 4. The molecule has 0 atom stereocenters. The zero-order valence-electron chi connectivity index (χ0n) is 33.6. The number of nitrogens with two attached hydrogens (primary N) is 6. The van der Waals surface area contributed by atoms with E-state index >= 15 is 0 Å². The summed E-state index contributed by atoms with van der Waals surface area (Å²) in [5, 5.41) is 11.9. The third kappa shape index (κ3) is 17.3. The van der Waals surface area contributed by atoms with Gasteiger partial charge in [0, 0.05) is 77.7 Å². The second-order valence-corrected chi connectivity index (χ2v) is 17.3. The molecule has 4 amide bonds. The third-order valence-electron chi connectivity index (χ3n) is 8.48. The van der Waals surface area contributed by atoms with Crippen LogP contribution in [0.5, 0.6) is 0 Å². The number of halogens is 2. The lowest BCUT2D eigenvalue weighted by molar-refractivity contribution is -0.117. The van der Waals surface area contributed by atoms with Crippen molar-refractivity contribution in [1.82, 2.24) is 0 Å². The summed E-state index contributed by atoms with van der Waals surface area (Å²) in [5.74, 6) is -0.359. The summed E-state index contributed by atoms with van der Waals surface area (Å²) >= 11 is 9.82. The van der Waals surface area contributed by atoms with Crippen LogP contribution in [0.15, 0.2) is 80.9 Å². The summed E-state index contributed by atoms with van der Waals surface area (Å²) in [6.45, 7) is 3.55. The molecule has 1 aliphatic rings. The number of guanidine groups is 2. The van der Waals surface area contributed by atoms with Crippen LogP contribution in [0.1, 0.15) is 64.7 Å². The molecule has 21 heteroatoms. The number of nitrogens with zero attached hydrogens (tertiary/aromatic N) is 3. The molecule has 17 nitrogen and oxygen atoms in total. The molecule has 3 rings (SSSR count). The smallest absolute Gasteiger partial charge is 0.274 e. The lowest BCUT2D eigenvalue weighted by Crippen LogP contribution is -2.23. The SMILES string of the molecule is CCC1=C(C(=O)Nc2cc(Br)cc(NC(=O)CCCCCN=C(N)N)c2SCCN)C=C(C(=O)Nc2cc(Br)cc(NC(=O)CCCCN=C(N)N)c2SCCN)N=CC1. The second-order valence-electron chi connectivity index (χ2n) is 13.2. The van der Waals surface area contributed by atoms with Crippen molar-refractivity contribution in [3.05, 3.63) is 56.1 Å². The van der Waals surface area contributed by atoms with Crippen molar-refractivity contribution in [2.24, 2.45) is 49.4 Å². The number of anilines is 4. The van der Waals surface area contributed by atoms with Crippen LogP contribution in [0.4, 0.5) is 22.7 Å². The fourth-order valence-electron chi connectivity index (χ4n) is 5.71. The highest BCUT2D eigenvalue weighted by molar-refractivity contribution is 9.10. The molecule has 0 saturated heterocycles. The molecule has 1 heterocycles. The molecule has 0 fully saturated rings. The van der Waals surface area contributed by atoms with E-state index in [-0.39, 0.29) is 47.8 Å². The highest BCUT2D eigenvalue weighted by Crippen LogP contribution is 2.40. The van der Waals surface area contributed by atoms with Gasteiger partial charge in [0.25, 0.3) is 11.8 Å². The van der Waals surface area contributed by atoms with Crippen molar-refractivity contribution in [2.75, 3.05) is 59.0 Å². The highest BCUT2D eigenvalue weighted by Gasteiger charge is 2.23. The van der Waals surface area contributed by atoms with Gasteiger partial charge < -0.3 is 55.7 Å². The van der Waals surface area contributed by atoms with Gasteiger partial charge in [-0.2, -0.15) is 0 Å². The van der Waals surface area contributed by atoms with Gasteiger partial charge in [-0.3, -0.25) is 34.2 Å². The number of carbonyl (C=O) groups excluding carboxylic acids is 4. The van der Waals surface area contributed by atoms with Crippen LogP contribution >= 0.6 is 55.4 Å². The average Bonchev–Trinajstić information content (AvgIpc) is 3.41. The zero-order valence-corrected chi connectivity index (χ0v) is 38.4. The molecule has 0 unspecified atom stereocenters. The summed E-state index contributed by atoms with van der Waals surface area (Å²) in [4.78, 5) is 67.8. The van der Waals surface area contributed by atoms with E-state index in [0.29, 0.717) is 111 Å². The maximum Gasteiger partial charge on any atom is 0.274 e. The van der Waals surface area contributed by atoms with Gasteiger partial charge in [-0.1, -0.05) is 50.8 Å². The molecule has 1 aliphatic heterocycles. The monoisotopic (exact) mass is 991 g/mol. The van der Waals surface area contributed by atoms with E-state index in [2.05, 4.69) is 68.1 Å². The quantitative estimate of drug-likeness (QED) is 0.0284. The number of hydrogen-bond donors (Lipinski definition) is 10. The van der Waals surface area contributed by atoms with E-state index in [1.165, 1.54) is 29.6 Å². The van der Waals surface area contributed by atoms with Crippen molar-refractivity contribution < 1.29 is 19.2 Å². The van der Waals surface area contributed by atoms with Crippen LogP contribution in [0.2, 0.25) is 0 Å². The number of allylic oxidation sites excluding steroid dienone is 1. The van der Waals surface area contributed by atoms with Crippen LogP contribution in [0.25, 0.3) is 0 Å². The van der Waals surface area contributed by atoms with E-state index in [4.69, 9.17) is 34.4 Å². The van der Waals surface area contributed by atoms with Crippen molar-refractivity contribution in [3.8, 4) is 0 Å². The Kier molecular flexibility index (Phi) is 22.2. The third-order valence-corrected chi connectivity index (χ3v) is 11.7. The Bertz CT molecular complexity index is 2000. The normalized spacial score (nSPS) is 12.2. The molecule has 0 saturated carbocycles. The molecule has 0 spiro atoms. The van der Waals surface area contributed by atoms with Crippen molar-refractivity contribution in [2.45, 2.75) is 74.5 Å². The minimum atomic E-state index is -0.568. The number of thioether (sulfide) groups is 2. The summed E-state index contributed by atoms with van der Waals surface area (Å²) < 4.78 is 1.24. The van der Waals surface area contributed by atoms with Gasteiger partial charge in [0.05, 0.1) is 32.5 Å². The predicted octanol–water partition coefficient (Wildman–Crippen LogP) is 5.11. The van der Waals surface area contributed by atoms with E-state index in [1.54, 1.807) is 30.5 Å². The molecule has 0 aliphatic carbocycles. The number of aliphatic imine (C=N–C) groups is 3. The standard InChI is InChI=1S/C39H55Br2N13O4S2/c1-2-23-10-15-48-31(37(58)54-30-21-25(41)19-28(35(30)60-17-12-43)52-33(56)9-5-7-14-50-39(46)47)22-26(23)36(57)53-29-20-24(40)18-27(34(29)59-16-11-42)51-32(55)8-4-3-6-13-49-38(44)45/h15,18-22H,2-14,16-17,42-43H2,1H3,(H,51,55)(H,52,56)(H,53,57)(H,54,58)(H4,44,45,49)(H4,46,47,50). The summed E-state index contributed by atoms with van der Waals surface area (Å²) in [6, 6.07) is 7.01. The summed E-state index contributed by atoms with van der Waals surface area (Å²) in [5.41, 5.74) is 36.2. The Morgan fingerprint density at radius 2 is 1.13 bits per heavy atom. The molecule has 16 N–H and O–H groups in total. The first-order valence-corrected chi connectivity index (χ1v) is 22.9. The molecule has 0 bridgehead atoms. The van der Waals surface area contributed by atoms with Gasteiger partial charge in [0.15, 0.2) is 11.9 Å². The van der Waals surface area contributed by atoms with Crippen LogP contribution in [0.3, 0.4) is 0 Å². The molecule has 326 valence electrons. The van der Waals surface area contributed by atoms with E-state index in [1.807, 2.05) is 6.92 Å². The van der Waals surface area contributed by atoms with Gasteiger partial charge in [0.2, 0.25) is 11.8 Å². The number of hydrogen-bond acceptors (Lipinski definition) is 11. The van der Waals surface area contributed by atoms with Gasteiger partial charge >= 0.3 is 0 Å². The molecular formula is C39H55Br2N13O4S2. The van der Waals surface area contributed by atoms with Crippen molar-refractivity contribution in [3.63, 3.8) is 0 Å². The Morgan fingerprint density at radius 1 is 0.683 bits per heavy atom. The lowest BCUT2D eigenvalue weighted by atomic mass is 10.0.